The van der Waals surface area contributed by atoms with Gasteiger partial charge in [-0.1, -0.05) is 40.5 Å². The Hall–Kier alpha value is -0.900. The molecule has 0 aliphatic carbocycles. The largest absolute Gasteiger partial charge is 0.306 e. The fraction of sp³-hybridized carbons (Fsp3) is 0.267. The molecule has 0 fully saturated rings. The van der Waals surface area contributed by atoms with Crippen LogP contribution in [0.2, 0.25) is 5.02 Å². The summed E-state index contributed by atoms with van der Waals surface area (Å²) in [5, 5.41) is 4.20. The standard InChI is InChI=1S/C15H16BrClN2/c1-3-18-15(11-5-4-10(2)19-9-11)12-6-13(16)8-14(17)7-12/h4-9,15,18H,3H2,1-2H3. The van der Waals surface area contributed by atoms with E-state index >= 15 is 0 Å². The van der Waals surface area contributed by atoms with E-state index in [0.29, 0.717) is 0 Å². The number of aryl methyl sites for hydroxylation is 1. The number of benzene rings is 1. The summed E-state index contributed by atoms with van der Waals surface area (Å²) in [7, 11) is 0. The van der Waals surface area contributed by atoms with E-state index in [4.69, 9.17) is 11.6 Å². The molecule has 0 radical (unpaired) electrons. The number of halogens is 2. The molecule has 2 rings (SSSR count). The molecule has 0 saturated heterocycles. The van der Waals surface area contributed by atoms with Gasteiger partial charge in [0.25, 0.3) is 0 Å². The summed E-state index contributed by atoms with van der Waals surface area (Å²) in [5.74, 6) is 0. The Morgan fingerprint density at radius 3 is 2.63 bits per heavy atom. The molecule has 0 spiro atoms. The van der Waals surface area contributed by atoms with Gasteiger partial charge in [-0.2, -0.15) is 0 Å². The molecule has 1 atom stereocenters. The molecule has 19 heavy (non-hydrogen) atoms. The summed E-state index contributed by atoms with van der Waals surface area (Å²) in [4.78, 5) is 4.37. The van der Waals surface area contributed by atoms with Crippen LogP contribution in [0, 0.1) is 6.92 Å². The van der Waals surface area contributed by atoms with Crippen LogP contribution in [-0.4, -0.2) is 11.5 Å². The molecule has 100 valence electrons. The molecule has 0 saturated carbocycles. The minimum atomic E-state index is 0.105. The van der Waals surface area contributed by atoms with E-state index in [1.165, 1.54) is 0 Å². The second-order valence-electron chi connectivity index (χ2n) is 4.43. The summed E-state index contributed by atoms with van der Waals surface area (Å²) in [6, 6.07) is 10.2. The maximum Gasteiger partial charge on any atom is 0.0592 e. The lowest BCUT2D eigenvalue weighted by Crippen LogP contribution is -2.22. The van der Waals surface area contributed by atoms with Gasteiger partial charge in [-0.15, -0.1) is 0 Å². The van der Waals surface area contributed by atoms with Crippen molar-refractivity contribution in [2.45, 2.75) is 19.9 Å². The van der Waals surface area contributed by atoms with Crippen LogP contribution in [0.15, 0.2) is 41.0 Å². The van der Waals surface area contributed by atoms with Crippen LogP contribution in [0.25, 0.3) is 0 Å². The van der Waals surface area contributed by atoms with Crippen LogP contribution < -0.4 is 5.32 Å². The second-order valence-corrected chi connectivity index (χ2v) is 5.78. The van der Waals surface area contributed by atoms with Crippen molar-refractivity contribution in [2.24, 2.45) is 0 Å². The Kier molecular flexibility index (Phi) is 4.97. The molecule has 0 bridgehead atoms. The highest BCUT2D eigenvalue weighted by atomic mass is 79.9. The highest BCUT2D eigenvalue weighted by Crippen LogP contribution is 2.27. The monoisotopic (exact) mass is 338 g/mol. The van der Waals surface area contributed by atoms with Gasteiger partial charge in [-0.3, -0.25) is 4.98 Å². The fourth-order valence-electron chi connectivity index (χ4n) is 2.02. The van der Waals surface area contributed by atoms with E-state index in [9.17, 15) is 0 Å². The smallest absolute Gasteiger partial charge is 0.0592 e. The Morgan fingerprint density at radius 1 is 1.26 bits per heavy atom. The van der Waals surface area contributed by atoms with Gasteiger partial charge in [0.05, 0.1) is 6.04 Å². The predicted octanol–water partition coefficient (Wildman–Crippen LogP) is 4.50. The first-order chi connectivity index (χ1) is 9.10. The third kappa shape index (κ3) is 3.78. The highest BCUT2D eigenvalue weighted by Gasteiger charge is 2.14. The van der Waals surface area contributed by atoms with Crippen LogP contribution in [0.3, 0.4) is 0 Å². The second kappa shape index (κ2) is 6.51. The molecule has 2 aromatic rings. The lowest BCUT2D eigenvalue weighted by Gasteiger charge is -2.19. The zero-order valence-electron chi connectivity index (χ0n) is 11.0. The van der Waals surface area contributed by atoms with Crippen molar-refractivity contribution in [3.8, 4) is 0 Å². The number of nitrogens with one attached hydrogen (secondary N) is 1. The third-order valence-corrected chi connectivity index (χ3v) is 3.57. The molecular weight excluding hydrogens is 324 g/mol. The van der Waals surface area contributed by atoms with Gasteiger partial charge in [0.1, 0.15) is 0 Å². The lowest BCUT2D eigenvalue weighted by molar-refractivity contribution is 0.628. The average Bonchev–Trinajstić information content (AvgIpc) is 2.36. The highest BCUT2D eigenvalue weighted by molar-refractivity contribution is 9.10. The van der Waals surface area contributed by atoms with E-state index in [1.54, 1.807) is 0 Å². The van der Waals surface area contributed by atoms with Gasteiger partial charge in [-0.25, -0.2) is 0 Å². The molecule has 2 nitrogen and oxygen atoms in total. The molecule has 1 heterocycles. The minimum absolute atomic E-state index is 0.105. The summed E-state index contributed by atoms with van der Waals surface area (Å²) >= 11 is 9.62. The summed E-state index contributed by atoms with van der Waals surface area (Å²) in [6.45, 7) is 4.96. The number of hydrogen-bond acceptors (Lipinski definition) is 2. The number of hydrogen-bond donors (Lipinski definition) is 1. The molecule has 0 amide bonds. The maximum absolute atomic E-state index is 6.13. The summed E-state index contributed by atoms with van der Waals surface area (Å²) in [6.07, 6.45) is 1.91. The molecular formula is C15H16BrClN2. The fourth-order valence-corrected chi connectivity index (χ4v) is 2.91. The average molecular weight is 340 g/mol. The summed E-state index contributed by atoms with van der Waals surface area (Å²) < 4.78 is 0.984. The van der Waals surface area contributed by atoms with Crippen molar-refractivity contribution in [1.82, 2.24) is 10.3 Å². The van der Waals surface area contributed by atoms with E-state index in [0.717, 1.165) is 32.9 Å². The number of nitrogens with zero attached hydrogens (tertiary/aromatic N) is 1. The van der Waals surface area contributed by atoms with E-state index < -0.39 is 0 Å². The molecule has 0 aliphatic rings. The van der Waals surface area contributed by atoms with Gasteiger partial charge >= 0.3 is 0 Å². The van der Waals surface area contributed by atoms with Crippen molar-refractivity contribution >= 4 is 27.5 Å². The Balaban J connectivity index is 2.41. The van der Waals surface area contributed by atoms with Gasteiger partial charge in [0.2, 0.25) is 0 Å². The van der Waals surface area contributed by atoms with Crippen LogP contribution in [0.4, 0.5) is 0 Å². The first-order valence-corrected chi connectivity index (χ1v) is 7.39. The first kappa shape index (κ1) is 14.5. The van der Waals surface area contributed by atoms with Gasteiger partial charge in [0, 0.05) is 21.4 Å². The van der Waals surface area contributed by atoms with Crippen molar-refractivity contribution in [3.05, 3.63) is 62.8 Å². The van der Waals surface area contributed by atoms with Gasteiger partial charge < -0.3 is 5.32 Å². The number of aromatic nitrogens is 1. The number of rotatable bonds is 4. The molecule has 1 N–H and O–H groups in total. The quantitative estimate of drug-likeness (QED) is 0.887. The lowest BCUT2D eigenvalue weighted by atomic mass is 10.00. The molecule has 1 aromatic heterocycles. The van der Waals surface area contributed by atoms with E-state index in [1.807, 2.05) is 31.3 Å². The topological polar surface area (TPSA) is 24.9 Å². The van der Waals surface area contributed by atoms with E-state index in [-0.39, 0.29) is 6.04 Å². The molecule has 1 unspecified atom stereocenters. The normalized spacial score (nSPS) is 12.4. The third-order valence-electron chi connectivity index (χ3n) is 2.89. The zero-order chi connectivity index (χ0) is 13.8. The van der Waals surface area contributed by atoms with Crippen LogP contribution in [0.5, 0.6) is 0 Å². The van der Waals surface area contributed by atoms with Crippen molar-refractivity contribution in [3.63, 3.8) is 0 Å². The zero-order valence-corrected chi connectivity index (χ0v) is 13.3. The molecule has 4 heteroatoms. The SMILES string of the molecule is CCNC(c1ccc(C)nc1)c1cc(Cl)cc(Br)c1. The van der Waals surface area contributed by atoms with Gasteiger partial charge in [0.15, 0.2) is 0 Å². The van der Waals surface area contributed by atoms with Gasteiger partial charge in [-0.05, 0) is 48.9 Å². The van der Waals surface area contributed by atoms with Crippen molar-refractivity contribution < 1.29 is 0 Å². The van der Waals surface area contributed by atoms with Crippen LogP contribution in [-0.2, 0) is 0 Å². The Morgan fingerprint density at radius 2 is 2.05 bits per heavy atom. The van der Waals surface area contributed by atoms with Crippen molar-refractivity contribution in [2.75, 3.05) is 6.54 Å². The van der Waals surface area contributed by atoms with Crippen molar-refractivity contribution in [1.29, 1.82) is 0 Å². The Bertz CT molecular complexity index is 534. The maximum atomic E-state index is 6.13. The first-order valence-electron chi connectivity index (χ1n) is 6.22. The number of pyridine rings is 1. The molecule has 0 aliphatic heterocycles. The van der Waals surface area contributed by atoms with Crippen LogP contribution >= 0.6 is 27.5 Å². The van der Waals surface area contributed by atoms with Crippen LogP contribution in [0.1, 0.15) is 29.8 Å². The van der Waals surface area contributed by atoms with E-state index in [2.05, 4.69) is 45.3 Å². The minimum Gasteiger partial charge on any atom is -0.306 e. The predicted molar refractivity (Wildman–Crippen MR) is 83.6 cm³/mol. The Labute approximate surface area is 127 Å². The summed E-state index contributed by atoms with van der Waals surface area (Å²) in [5.41, 5.74) is 3.29. The molecule has 1 aromatic carbocycles.